The average Bonchev–Trinajstić information content (AvgIpc) is 2.63. The van der Waals surface area contributed by atoms with Crippen LogP contribution in [0.1, 0.15) is 11.8 Å². The van der Waals surface area contributed by atoms with Crippen LogP contribution in [0, 0.1) is 0 Å². The van der Waals surface area contributed by atoms with Crippen molar-refractivity contribution in [2.75, 3.05) is 19.0 Å². The van der Waals surface area contributed by atoms with Gasteiger partial charge in [-0.2, -0.15) is 0 Å². The van der Waals surface area contributed by atoms with E-state index in [2.05, 4.69) is 39.2 Å². The molecule has 0 amide bonds. The first-order valence-electron chi connectivity index (χ1n) is 5.34. The van der Waals surface area contributed by atoms with Crippen molar-refractivity contribution in [2.24, 2.45) is 0 Å². The average molecular weight is 325 g/mol. The van der Waals surface area contributed by atoms with E-state index in [0.717, 1.165) is 19.6 Å². The summed E-state index contributed by atoms with van der Waals surface area (Å²) in [6, 6.07) is 2.18. The highest BCUT2D eigenvalue weighted by molar-refractivity contribution is 9.10. The molecule has 0 bridgehead atoms. The van der Waals surface area contributed by atoms with Gasteiger partial charge in [0.1, 0.15) is 0 Å². The van der Waals surface area contributed by atoms with E-state index in [9.17, 15) is 0 Å². The summed E-state index contributed by atoms with van der Waals surface area (Å²) in [4.78, 5) is 3.80. The zero-order valence-electron chi connectivity index (χ0n) is 9.16. The zero-order valence-corrected chi connectivity index (χ0v) is 12.3. The van der Waals surface area contributed by atoms with Gasteiger partial charge in [0.2, 0.25) is 0 Å². The van der Waals surface area contributed by atoms with Crippen molar-refractivity contribution in [3.05, 3.63) is 20.8 Å². The van der Waals surface area contributed by atoms with Gasteiger partial charge < -0.3 is 4.74 Å². The van der Waals surface area contributed by atoms with Crippen LogP contribution in [-0.2, 0) is 11.3 Å². The van der Waals surface area contributed by atoms with Crippen LogP contribution >= 0.6 is 38.9 Å². The van der Waals surface area contributed by atoms with Gasteiger partial charge in [-0.15, -0.1) is 22.9 Å². The van der Waals surface area contributed by atoms with Gasteiger partial charge in [0, 0.05) is 40.2 Å². The Hall–Kier alpha value is 0.390. The van der Waals surface area contributed by atoms with Crippen LogP contribution in [0.4, 0.5) is 0 Å². The van der Waals surface area contributed by atoms with Crippen molar-refractivity contribution in [1.82, 2.24) is 4.90 Å². The Balaban J connectivity index is 1.93. The summed E-state index contributed by atoms with van der Waals surface area (Å²) in [5, 5.41) is 2.12. The highest BCUT2D eigenvalue weighted by atomic mass is 79.9. The molecule has 2 nitrogen and oxygen atoms in total. The molecule has 0 N–H and O–H groups in total. The number of thiophene rings is 1. The Labute approximate surface area is 114 Å². The van der Waals surface area contributed by atoms with Crippen molar-refractivity contribution >= 4 is 38.9 Å². The van der Waals surface area contributed by atoms with Gasteiger partial charge in [0.05, 0.1) is 12.2 Å². The quantitative estimate of drug-likeness (QED) is 0.791. The van der Waals surface area contributed by atoms with Gasteiger partial charge in [-0.05, 0) is 28.9 Å². The Morgan fingerprint density at radius 2 is 2.44 bits per heavy atom. The standard InChI is InChI=1S/C11H15BrClNOS/c1-8-4-14(5-10(3-13)15-8)6-11-2-9(12)7-16-11/h2,7-8,10H,3-6H2,1H3. The van der Waals surface area contributed by atoms with Crippen LogP contribution in [0.3, 0.4) is 0 Å². The largest absolute Gasteiger partial charge is 0.371 e. The van der Waals surface area contributed by atoms with E-state index in [0.29, 0.717) is 5.88 Å². The summed E-state index contributed by atoms with van der Waals surface area (Å²) in [5.41, 5.74) is 0. The maximum absolute atomic E-state index is 5.86. The van der Waals surface area contributed by atoms with Gasteiger partial charge in [0.15, 0.2) is 0 Å². The van der Waals surface area contributed by atoms with E-state index < -0.39 is 0 Å². The zero-order chi connectivity index (χ0) is 11.5. The third-order valence-electron chi connectivity index (χ3n) is 2.58. The molecule has 0 spiro atoms. The van der Waals surface area contributed by atoms with Gasteiger partial charge in [-0.25, -0.2) is 0 Å². The van der Waals surface area contributed by atoms with Gasteiger partial charge >= 0.3 is 0 Å². The normalized spacial score (nSPS) is 27.2. The van der Waals surface area contributed by atoms with E-state index in [1.54, 1.807) is 11.3 Å². The van der Waals surface area contributed by atoms with Crippen LogP contribution in [0.15, 0.2) is 15.9 Å². The molecule has 0 aliphatic carbocycles. The maximum Gasteiger partial charge on any atom is 0.0841 e. The minimum absolute atomic E-state index is 0.175. The molecule has 90 valence electrons. The summed E-state index contributed by atoms with van der Waals surface area (Å²) >= 11 is 11.1. The molecule has 1 aromatic heterocycles. The predicted octanol–water partition coefficient (Wildman–Crippen LogP) is 3.34. The molecule has 2 rings (SSSR count). The van der Waals surface area contributed by atoms with E-state index >= 15 is 0 Å². The number of nitrogens with zero attached hydrogens (tertiary/aromatic N) is 1. The fourth-order valence-corrected chi connectivity index (χ4v) is 3.67. The number of rotatable bonds is 3. The molecule has 0 aromatic carbocycles. The second-order valence-corrected chi connectivity index (χ2v) is 6.37. The molecule has 5 heteroatoms. The minimum Gasteiger partial charge on any atom is -0.371 e. The second kappa shape index (κ2) is 5.83. The topological polar surface area (TPSA) is 12.5 Å². The highest BCUT2D eigenvalue weighted by Gasteiger charge is 2.24. The van der Waals surface area contributed by atoms with Gasteiger partial charge in [-0.3, -0.25) is 4.90 Å². The van der Waals surface area contributed by atoms with Gasteiger partial charge in [-0.1, -0.05) is 0 Å². The van der Waals surface area contributed by atoms with Crippen LogP contribution in [-0.4, -0.2) is 36.1 Å². The van der Waals surface area contributed by atoms with Crippen LogP contribution < -0.4 is 0 Å². The Bertz CT molecular complexity index is 346. The smallest absolute Gasteiger partial charge is 0.0841 e. The molecule has 1 fully saturated rings. The van der Waals surface area contributed by atoms with Crippen molar-refractivity contribution in [3.8, 4) is 0 Å². The van der Waals surface area contributed by atoms with Gasteiger partial charge in [0.25, 0.3) is 0 Å². The van der Waals surface area contributed by atoms with Crippen LogP contribution in [0.2, 0.25) is 0 Å². The fourth-order valence-electron chi connectivity index (χ4n) is 2.01. The number of hydrogen-bond acceptors (Lipinski definition) is 3. The van der Waals surface area contributed by atoms with Crippen molar-refractivity contribution in [1.29, 1.82) is 0 Å². The Morgan fingerprint density at radius 3 is 3.06 bits per heavy atom. The predicted molar refractivity (Wildman–Crippen MR) is 72.4 cm³/mol. The molecule has 2 unspecified atom stereocenters. The lowest BCUT2D eigenvalue weighted by Gasteiger charge is -2.35. The summed E-state index contributed by atoms with van der Waals surface area (Å²) in [6.45, 7) is 5.03. The van der Waals surface area contributed by atoms with Crippen LogP contribution in [0.5, 0.6) is 0 Å². The molecule has 1 aliphatic heterocycles. The monoisotopic (exact) mass is 323 g/mol. The minimum atomic E-state index is 0.175. The fraction of sp³-hybridized carbons (Fsp3) is 0.636. The lowest BCUT2D eigenvalue weighted by molar-refractivity contribution is -0.0686. The van der Waals surface area contributed by atoms with E-state index in [1.165, 1.54) is 9.35 Å². The summed E-state index contributed by atoms with van der Waals surface area (Å²) in [5.74, 6) is 0.578. The molecule has 0 saturated carbocycles. The van der Waals surface area contributed by atoms with E-state index in [4.69, 9.17) is 16.3 Å². The van der Waals surface area contributed by atoms with E-state index in [-0.39, 0.29) is 12.2 Å². The molecular formula is C11H15BrClNOS. The van der Waals surface area contributed by atoms with Crippen molar-refractivity contribution in [3.63, 3.8) is 0 Å². The first-order valence-corrected chi connectivity index (χ1v) is 7.55. The molecule has 2 heterocycles. The number of alkyl halides is 1. The van der Waals surface area contributed by atoms with Crippen molar-refractivity contribution in [2.45, 2.75) is 25.7 Å². The van der Waals surface area contributed by atoms with Crippen molar-refractivity contribution < 1.29 is 4.74 Å². The second-order valence-electron chi connectivity index (χ2n) is 4.15. The highest BCUT2D eigenvalue weighted by Crippen LogP contribution is 2.23. The van der Waals surface area contributed by atoms with E-state index in [1.807, 2.05) is 0 Å². The summed E-state index contributed by atoms with van der Waals surface area (Å²) < 4.78 is 6.90. The number of hydrogen-bond donors (Lipinski definition) is 0. The molecule has 1 aliphatic rings. The molecule has 1 aromatic rings. The number of morpholine rings is 1. The molecule has 1 saturated heterocycles. The first-order chi connectivity index (χ1) is 7.67. The number of halogens is 2. The number of ether oxygens (including phenoxy) is 1. The third-order valence-corrected chi connectivity index (χ3v) is 4.60. The SMILES string of the molecule is CC1CN(Cc2cc(Br)cs2)CC(CCl)O1. The lowest BCUT2D eigenvalue weighted by atomic mass is 10.2. The Morgan fingerprint density at radius 1 is 1.62 bits per heavy atom. The van der Waals surface area contributed by atoms with Crippen LogP contribution in [0.25, 0.3) is 0 Å². The summed E-state index contributed by atoms with van der Waals surface area (Å²) in [6.07, 6.45) is 0.453. The first kappa shape index (κ1) is 12.8. The molecule has 2 atom stereocenters. The molecular weight excluding hydrogens is 310 g/mol. The molecule has 0 radical (unpaired) electrons. The summed E-state index contributed by atoms with van der Waals surface area (Å²) in [7, 11) is 0. The Kier molecular flexibility index (Phi) is 4.67. The lowest BCUT2D eigenvalue weighted by Crippen LogP contribution is -2.46. The maximum atomic E-state index is 5.86. The molecule has 16 heavy (non-hydrogen) atoms. The third kappa shape index (κ3) is 3.44.